The van der Waals surface area contributed by atoms with Gasteiger partial charge in [0.25, 0.3) is 5.91 Å². The lowest BCUT2D eigenvalue weighted by molar-refractivity contribution is -0.137. The van der Waals surface area contributed by atoms with E-state index in [2.05, 4.69) is 24.0 Å². The van der Waals surface area contributed by atoms with Crippen LogP contribution in [0.4, 0.5) is 5.69 Å². The fraction of sp³-hybridized carbons (Fsp3) is 0.235. The molecule has 0 radical (unpaired) electrons. The van der Waals surface area contributed by atoms with E-state index in [1.165, 1.54) is 27.2 Å². The van der Waals surface area contributed by atoms with Crippen molar-refractivity contribution in [1.29, 1.82) is 0 Å². The molecule has 0 unspecified atom stereocenters. The fourth-order valence-corrected chi connectivity index (χ4v) is 4.94. The zero-order valence-corrected chi connectivity index (χ0v) is 15.9. The van der Waals surface area contributed by atoms with Gasteiger partial charge in [-0.3, -0.25) is 14.5 Å². The summed E-state index contributed by atoms with van der Waals surface area (Å²) in [5, 5.41) is 9.84. The second kappa shape index (κ2) is 7.63. The molecule has 0 aliphatic carbocycles. The Bertz CT molecular complexity index is 804. The second-order valence-corrected chi connectivity index (χ2v) is 8.06. The molecule has 130 valence electrons. The number of para-hydroxylation sites is 1. The van der Waals surface area contributed by atoms with Crippen LogP contribution in [0, 0.1) is 0 Å². The molecule has 2 aliphatic heterocycles. The van der Waals surface area contributed by atoms with Crippen molar-refractivity contribution in [2.45, 2.75) is 18.2 Å². The monoisotopic (exact) mass is 392 g/mol. The number of thiocarbonyl (C=S) groups is 1. The summed E-state index contributed by atoms with van der Waals surface area (Å²) in [5.74, 6) is -1.17. The average Bonchev–Trinajstić information content (AvgIpc) is 3.07. The predicted molar refractivity (Wildman–Crippen MR) is 106 cm³/mol. The molecule has 0 atom stereocenters. The highest BCUT2D eigenvalue weighted by Crippen LogP contribution is 2.45. The lowest BCUT2D eigenvalue weighted by Gasteiger charge is -2.17. The summed E-state index contributed by atoms with van der Waals surface area (Å²) in [7, 11) is 0. The molecule has 0 spiro atoms. The highest BCUT2D eigenvalue weighted by Gasteiger charge is 2.32. The number of hydrogen-bond acceptors (Lipinski definition) is 6. The molecule has 1 N–H and O–H groups in total. The highest BCUT2D eigenvalue weighted by atomic mass is 32.2. The van der Waals surface area contributed by atoms with Crippen molar-refractivity contribution >= 4 is 57.6 Å². The van der Waals surface area contributed by atoms with Gasteiger partial charge < -0.3 is 10.0 Å². The number of amides is 1. The Morgan fingerprint density at radius 2 is 2.00 bits per heavy atom. The van der Waals surface area contributed by atoms with Crippen LogP contribution in [-0.2, 0) is 9.59 Å². The Morgan fingerprint density at radius 1 is 1.24 bits per heavy atom. The van der Waals surface area contributed by atoms with Gasteiger partial charge in [-0.2, -0.15) is 0 Å². The fourth-order valence-electron chi connectivity index (χ4n) is 2.56. The number of carboxylic acids is 1. The zero-order chi connectivity index (χ0) is 18.0. The lowest BCUT2D eigenvalue weighted by Crippen LogP contribution is -2.30. The van der Waals surface area contributed by atoms with Gasteiger partial charge in [0.1, 0.15) is 4.32 Å². The van der Waals surface area contributed by atoms with E-state index in [1.807, 2.05) is 18.2 Å². The third-order valence-electron chi connectivity index (χ3n) is 3.75. The summed E-state index contributed by atoms with van der Waals surface area (Å²) in [6, 6.07) is 8.18. The van der Waals surface area contributed by atoms with E-state index in [9.17, 15) is 9.59 Å². The number of carbonyl (C=O) groups excluding carboxylic acids is 1. The molecule has 8 heteroatoms. The van der Waals surface area contributed by atoms with E-state index in [-0.39, 0.29) is 18.9 Å². The van der Waals surface area contributed by atoms with Gasteiger partial charge in [-0.05, 0) is 31.2 Å². The van der Waals surface area contributed by atoms with Gasteiger partial charge >= 0.3 is 5.97 Å². The maximum absolute atomic E-state index is 12.4. The number of nitrogens with zero attached hydrogens (tertiary/aromatic N) is 2. The van der Waals surface area contributed by atoms with E-state index >= 15 is 0 Å². The lowest BCUT2D eigenvalue weighted by atomic mass is 10.3. The summed E-state index contributed by atoms with van der Waals surface area (Å²) < 4.78 is 0.408. The number of hydrogen-bond donors (Lipinski definition) is 1. The SMILES string of the molecule is CCN1/C(=C\C=C2\SC(=S)N(CCC(=O)O)C2=O)Sc2ccccc21. The normalized spacial score (nSPS) is 20.0. The number of benzene rings is 1. The first kappa shape index (κ1) is 18.0. The topological polar surface area (TPSA) is 60.9 Å². The Balaban J connectivity index is 1.78. The number of thioether (sulfide) groups is 2. The number of carbonyl (C=O) groups is 2. The van der Waals surface area contributed by atoms with Gasteiger partial charge in [0.2, 0.25) is 0 Å². The van der Waals surface area contributed by atoms with Crippen LogP contribution in [0.3, 0.4) is 0 Å². The summed E-state index contributed by atoms with van der Waals surface area (Å²) in [6.07, 6.45) is 3.59. The Hall–Kier alpha value is -1.77. The maximum Gasteiger partial charge on any atom is 0.305 e. The minimum absolute atomic E-state index is 0.106. The molecule has 25 heavy (non-hydrogen) atoms. The van der Waals surface area contributed by atoms with E-state index in [0.717, 1.165) is 11.6 Å². The maximum atomic E-state index is 12.4. The van der Waals surface area contributed by atoms with E-state index < -0.39 is 5.97 Å². The van der Waals surface area contributed by atoms with Gasteiger partial charge in [0.15, 0.2) is 0 Å². The molecule has 1 amide bonds. The first-order valence-electron chi connectivity index (χ1n) is 7.73. The van der Waals surface area contributed by atoms with Crippen molar-refractivity contribution < 1.29 is 14.7 Å². The number of rotatable bonds is 5. The molecule has 0 bridgehead atoms. The van der Waals surface area contributed by atoms with Gasteiger partial charge in [0.05, 0.1) is 22.0 Å². The molecule has 0 aromatic heterocycles. The van der Waals surface area contributed by atoms with Crippen molar-refractivity contribution in [3.63, 3.8) is 0 Å². The van der Waals surface area contributed by atoms with Crippen molar-refractivity contribution in [2.75, 3.05) is 18.0 Å². The molecule has 1 aromatic rings. The first-order chi connectivity index (χ1) is 12.0. The molecule has 1 fully saturated rings. The number of aliphatic carboxylic acids is 1. The van der Waals surface area contributed by atoms with Crippen molar-refractivity contribution in [3.8, 4) is 0 Å². The first-order valence-corrected chi connectivity index (χ1v) is 9.77. The Labute approximate surface area is 159 Å². The largest absolute Gasteiger partial charge is 0.481 e. The number of allylic oxidation sites excluding steroid dienone is 2. The molecule has 0 saturated carbocycles. The molecule has 5 nitrogen and oxygen atoms in total. The third-order valence-corrected chi connectivity index (χ3v) is 6.28. The van der Waals surface area contributed by atoms with Crippen LogP contribution in [0.25, 0.3) is 0 Å². The van der Waals surface area contributed by atoms with Gasteiger partial charge in [0, 0.05) is 18.0 Å². The van der Waals surface area contributed by atoms with Crippen LogP contribution >= 0.6 is 35.7 Å². The summed E-state index contributed by atoms with van der Waals surface area (Å²) in [6.45, 7) is 3.03. The highest BCUT2D eigenvalue weighted by molar-refractivity contribution is 8.26. The molecule has 1 aromatic carbocycles. The minimum atomic E-state index is -0.946. The Kier molecular flexibility index (Phi) is 5.51. The smallest absolute Gasteiger partial charge is 0.305 e. The van der Waals surface area contributed by atoms with Crippen LogP contribution in [0.15, 0.2) is 51.2 Å². The summed E-state index contributed by atoms with van der Waals surface area (Å²) >= 11 is 8.08. The minimum Gasteiger partial charge on any atom is -0.481 e. The summed E-state index contributed by atoms with van der Waals surface area (Å²) in [5.41, 5.74) is 1.17. The number of fused-ring (bicyclic) bond motifs is 1. The van der Waals surface area contributed by atoms with E-state index in [1.54, 1.807) is 17.8 Å². The molecule has 1 saturated heterocycles. The zero-order valence-electron chi connectivity index (χ0n) is 13.5. The van der Waals surface area contributed by atoms with Crippen LogP contribution in [0.1, 0.15) is 13.3 Å². The van der Waals surface area contributed by atoms with Crippen LogP contribution in [0.5, 0.6) is 0 Å². The number of carboxylic acid groups (broad SMARTS) is 1. The standard InChI is InChI=1S/C17H16N2O3S3/c1-2-18-11-5-3-4-6-12(11)24-14(18)8-7-13-16(22)19(17(23)25-13)10-9-15(20)21/h3-8H,2,9-10H2,1H3,(H,20,21)/b13-7+,14-8+. The predicted octanol–water partition coefficient (Wildman–Crippen LogP) is 3.68. The van der Waals surface area contributed by atoms with Crippen molar-refractivity contribution in [3.05, 3.63) is 46.4 Å². The molecule has 2 aliphatic rings. The average molecular weight is 393 g/mol. The third kappa shape index (κ3) is 3.75. The molecule has 3 rings (SSSR count). The van der Waals surface area contributed by atoms with Crippen LogP contribution < -0.4 is 4.90 Å². The van der Waals surface area contributed by atoms with E-state index in [4.69, 9.17) is 17.3 Å². The van der Waals surface area contributed by atoms with Crippen molar-refractivity contribution in [2.24, 2.45) is 0 Å². The molecular formula is C17H16N2O3S3. The molecule has 2 heterocycles. The van der Waals surface area contributed by atoms with Gasteiger partial charge in [-0.15, -0.1) is 0 Å². The number of anilines is 1. The van der Waals surface area contributed by atoms with Crippen LogP contribution in [0.2, 0.25) is 0 Å². The van der Waals surface area contributed by atoms with Crippen molar-refractivity contribution in [1.82, 2.24) is 4.90 Å². The van der Waals surface area contributed by atoms with Crippen LogP contribution in [-0.4, -0.2) is 39.3 Å². The summed E-state index contributed by atoms with van der Waals surface area (Å²) in [4.78, 5) is 28.4. The second-order valence-electron chi connectivity index (χ2n) is 5.32. The Morgan fingerprint density at radius 3 is 2.72 bits per heavy atom. The quantitative estimate of drug-likeness (QED) is 0.606. The van der Waals surface area contributed by atoms with E-state index in [0.29, 0.717) is 9.23 Å². The van der Waals surface area contributed by atoms with Gasteiger partial charge in [-0.25, -0.2) is 0 Å². The molecular weight excluding hydrogens is 376 g/mol. The van der Waals surface area contributed by atoms with Gasteiger partial charge in [-0.1, -0.05) is 47.9 Å².